The number of aliphatic hydroxyl groups excluding tert-OH is 1. The first-order valence-electron chi connectivity index (χ1n) is 4.67. The maximum Gasteiger partial charge on any atom is 0.505 e. The maximum atomic E-state index is 9.24. The van der Waals surface area contributed by atoms with Crippen molar-refractivity contribution in [3.8, 4) is 0 Å². The summed E-state index contributed by atoms with van der Waals surface area (Å²) in [7, 11) is 1.95. The van der Waals surface area contributed by atoms with Crippen LogP contribution >= 0.6 is 0 Å². The molecule has 3 N–H and O–H groups in total. The normalized spacial score (nSPS) is 14.4. The number of rotatable bonds is 8. The van der Waals surface area contributed by atoms with Gasteiger partial charge in [0, 0.05) is 21.3 Å². The summed E-state index contributed by atoms with van der Waals surface area (Å²) in [6, 6.07) is 0. The van der Waals surface area contributed by atoms with Crippen LogP contribution in [0, 0.1) is 0 Å². The van der Waals surface area contributed by atoms with Crippen LogP contribution in [0.3, 0.4) is 0 Å². The molecule has 0 spiro atoms. The molecule has 14 heavy (non-hydrogen) atoms. The molecule has 0 aromatic heterocycles. The number of hydrogen-bond donors (Lipinski definition) is 2. The fraction of sp³-hybridized carbons (Fsp3) is 1.00. The lowest BCUT2D eigenvalue weighted by Crippen LogP contribution is -2.49. The molecule has 0 radical (unpaired) electrons. The predicted octanol–water partition coefficient (Wildman–Crippen LogP) is -0.0341. The van der Waals surface area contributed by atoms with Crippen LogP contribution in [0.4, 0.5) is 0 Å². The van der Waals surface area contributed by atoms with E-state index >= 15 is 0 Å². The van der Waals surface area contributed by atoms with Crippen LogP contribution in [0.5, 0.6) is 0 Å². The Balaban J connectivity index is 4.40. The summed E-state index contributed by atoms with van der Waals surface area (Å²) in [4.78, 5) is 0. The SMILES string of the molecule is CO[Si](OC)(OC)C(CO)CCCN. The molecule has 0 amide bonds. The molecule has 0 aliphatic carbocycles. The summed E-state index contributed by atoms with van der Waals surface area (Å²) < 4.78 is 15.8. The zero-order valence-electron chi connectivity index (χ0n) is 9.16. The molecular weight excluding hydrogens is 202 g/mol. The molecule has 0 aliphatic heterocycles. The fourth-order valence-corrected chi connectivity index (χ4v) is 3.78. The third-order valence-corrected chi connectivity index (χ3v) is 5.51. The third-order valence-electron chi connectivity index (χ3n) is 2.33. The van der Waals surface area contributed by atoms with E-state index in [4.69, 9.17) is 19.0 Å². The van der Waals surface area contributed by atoms with Crippen molar-refractivity contribution >= 4 is 8.80 Å². The van der Waals surface area contributed by atoms with Gasteiger partial charge >= 0.3 is 8.80 Å². The Morgan fingerprint density at radius 1 is 1.21 bits per heavy atom. The second-order valence-electron chi connectivity index (χ2n) is 3.03. The van der Waals surface area contributed by atoms with E-state index in [0.717, 1.165) is 12.8 Å². The topological polar surface area (TPSA) is 73.9 Å². The lowest BCUT2D eigenvalue weighted by atomic mass is 10.2. The zero-order valence-corrected chi connectivity index (χ0v) is 10.2. The molecule has 0 saturated carbocycles. The van der Waals surface area contributed by atoms with Crippen molar-refractivity contribution in [2.45, 2.75) is 18.4 Å². The largest absolute Gasteiger partial charge is 0.505 e. The summed E-state index contributed by atoms with van der Waals surface area (Å²) in [6.07, 6.45) is 1.59. The molecular formula is C8H21NO4Si. The molecule has 0 saturated heterocycles. The average molecular weight is 223 g/mol. The highest BCUT2D eigenvalue weighted by Gasteiger charge is 2.46. The van der Waals surface area contributed by atoms with E-state index in [9.17, 15) is 5.11 Å². The van der Waals surface area contributed by atoms with Crippen LogP contribution in [-0.4, -0.2) is 48.4 Å². The van der Waals surface area contributed by atoms with Crippen LogP contribution in [-0.2, 0) is 13.3 Å². The Hall–Kier alpha value is 0.0169. The quantitative estimate of drug-likeness (QED) is 0.565. The first-order chi connectivity index (χ1) is 6.70. The van der Waals surface area contributed by atoms with E-state index < -0.39 is 8.80 Å². The second-order valence-corrected chi connectivity index (χ2v) is 6.27. The van der Waals surface area contributed by atoms with Gasteiger partial charge in [-0.2, -0.15) is 0 Å². The third kappa shape index (κ3) is 3.30. The summed E-state index contributed by atoms with van der Waals surface area (Å²) in [5.41, 5.74) is 5.32. The lowest BCUT2D eigenvalue weighted by Gasteiger charge is -2.31. The predicted molar refractivity (Wildman–Crippen MR) is 55.9 cm³/mol. The Morgan fingerprint density at radius 2 is 1.71 bits per heavy atom. The van der Waals surface area contributed by atoms with Crippen molar-refractivity contribution in [1.82, 2.24) is 0 Å². The minimum absolute atomic E-state index is 0.00173. The minimum atomic E-state index is -2.69. The monoisotopic (exact) mass is 223 g/mol. The van der Waals surface area contributed by atoms with E-state index in [0.29, 0.717) is 6.54 Å². The van der Waals surface area contributed by atoms with Gasteiger partial charge < -0.3 is 24.1 Å². The Morgan fingerprint density at radius 3 is 2.00 bits per heavy atom. The molecule has 86 valence electrons. The van der Waals surface area contributed by atoms with Gasteiger partial charge in [0.25, 0.3) is 0 Å². The van der Waals surface area contributed by atoms with Crippen molar-refractivity contribution in [1.29, 1.82) is 0 Å². The molecule has 1 unspecified atom stereocenters. The summed E-state index contributed by atoms with van der Waals surface area (Å²) in [6.45, 7) is 0.597. The maximum absolute atomic E-state index is 9.24. The van der Waals surface area contributed by atoms with Crippen LogP contribution in [0.25, 0.3) is 0 Å². The van der Waals surface area contributed by atoms with Gasteiger partial charge in [-0.15, -0.1) is 0 Å². The second kappa shape index (κ2) is 7.33. The van der Waals surface area contributed by atoms with Crippen LogP contribution in [0.1, 0.15) is 12.8 Å². The standard InChI is InChI=1S/C8H21NO4Si/c1-11-14(12-2,13-3)8(7-10)5-4-6-9/h8,10H,4-7,9H2,1-3H3. The number of aliphatic hydroxyl groups is 1. The van der Waals surface area contributed by atoms with Crippen molar-refractivity contribution in [3.63, 3.8) is 0 Å². The molecule has 0 aromatic carbocycles. The van der Waals surface area contributed by atoms with Crippen LogP contribution < -0.4 is 5.73 Å². The Bertz CT molecular complexity index is 135. The first-order valence-corrected chi connectivity index (χ1v) is 6.47. The molecule has 6 heteroatoms. The Labute approximate surface area is 86.5 Å². The number of nitrogens with two attached hydrogens (primary N) is 1. The van der Waals surface area contributed by atoms with Gasteiger partial charge in [0.2, 0.25) is 0 Å². The molecule has 0 aromatic rings. The van der Waals surface area contributed by atoms with Gasteiger partial charge in [-0.1, -0.05) is 0 Å². The van der Waals surface area contributed by atoms with Crippen molar-refractivity contribution < 1.29 is 18.4 Å². The molecule has 1 atom stereocenters. The molecule has 5 nitrogen and oxygen atoms in total. The van der Waals surface area contributed by atoms with E-state index in [2.05, 4.69) is 0 Å². The van der Waals surface area contributed by atoms with Gasteiger partial charge in [-0.25, -0.2) is 0 Å². The average Bonchev–Trinajstić information content (AvgIpc) is 2.25. The van der Waals surface area contributed by atoms with E-state index in [-0.39, 0.29) is 12.1 Å². The highest BCUT2D eigenvalue weighted by molar-refractivity contribution is 6.62. The van der Waals surface area contributed by atoms with E-state index in [1.54, 1.807) is 21.3 Å². The summed E-state index contributed by atoms with van der Waals surface area (Å²) in [5.74, 6) is 0. The van der Waals surface area contributed by atoms with Crippen molar-refractivity contribution in [2.24, 2.45) is 5.73 Å². The van der Waals surface area contributed by atoms with Crippen LogP contribution in [0.2, 0.25) is 5.54 Å². The van der Waals surface area contributed by atoms with E-state index in [1.807, 2.05) is 0 Å². The van der Waals surface area contributed by atoms with Gasteiger partial charge in [0.1, 0.15) is 0 Å². The molecule has 0 aliphatic rings. The first kappa shape index (κ1) is 14.0. The van der Waals surface area contributed by atoms with Crippen LogP contribution in [0.15, 0.2) is 0 Å². The smallest absolute Gasteiger partial charge is 0.396 e. The van der Waals surface area contributed by atoms with Gasteiger partial charge in [0.05, 0.1) is 12.1 Å². The van der Waals surface area contributed by atoms with Gasteiger partial charge in [-0.05, 0) is 19.4 Å². The highest BCUT2D eigenvalue weighted by Crippen LogP contribution is 2.27. The minimum Gasteiger partial charge on any atom is -0.396 e. The molecule has 0 heterocycles. The summed E-state index contributed by atoms with van der Waals surface area (Å²) in [5, 5.41) is 9.24. The number of hydrogen-bond acceptors (Lipinski definition) is 5. The highest BCUT2D eigenvalue weighted by atomic mass is 28.4. The van der Waals surface area contributed by atoms with Gasteiger partial charge in [-0.3, -0.25) is 0 Å². The molecule has 0 bridgehead atoms. The zero-order chi connectivity index (χ0) is 11.0. The lowest BCUT2D eigenvalue weighted by molar-refractivity contribution is 0.0961. The van der Waals surface area contributed by atoms with Crippen molar-refractivity contribution in [2.75, 3.05) is 34.5 Å². The van der Waals surface area contributed by atoms with Crippen molar-refractivity contribution in [3.05, 3.63) is 0 Å². The van der Waals surface area contributed by atoms with Gasteiger partial charge in [0.15, 0.2) is 0 Å². The fourth-order valence-electron chi connectivity index (χ4n) is 1.49. The Kier molecular flexibility index (Phi) is 7.34. The summed E-state index contributed by atoms with van der Waals surface area (Å²) >= 11 is 0. The van der Waals surface area contributed by atoms with E-state index in [1.165, 1.54) is 0 Å². The molecule has 0 rings (SSSR count). The molecule has 0 fully saturated rings.